The van der Waals surface area contributed by atoms with Crippen molar-refractivity contribution in [1.82, 2.24) is 10.2 Å². The molecule has 27 heavy (non-hydrogen) atoms. The molecule has 0 atom stereocenters. The fraction of sp³-hybridized carbons (Fsp3) is 0.579. The Hall–Kier alpha value is -2.15. The number of nitrogens with one attached hydrogen (secondary N) is 1. The van der Waals surface area contributed by atoms with Crippen LogP contribution in [0.5, 0.6) is 11.5 Å². The number of likely N-dealkylation sites (tertiary alicyclic amines) is 1. The Morgan fingerprint density at radius 1 is 1.33 bits per heavy atom. The van der Waals surface area contributed by atoms with Crippen molar-refractivity contribution in [3.8, 4) is 11.5 Å². The molecule has 0 unspecified atom stereocenters. The summed E-state index contributed by atoms with van der Waals surface area (Å²) in [7, 11) is 4.78. The zero-order valence-corrected chi connectivity index (χ0v) is 17.1. The molecule has 1 aromatic rings. The van der Waals surface area contributed by atoms with Crippen molar-refractivity contribution >= 4 is 23.5 Å². The number of nitrogens with zero attached hydrogens (tertiary/aromatic N) is 2. The minimum absolute atomic E-state index is 0.0291. The van der Waals surface area contributed by atoms with Crippen molar-refractivity contribution < 1.29 is 19.0 Å². The lowest BCUT2D eigenvalue weighted by Gasteiger charge is -2.33. The fourth-order valence-electron chi connectivity index (χ4n) is 3.17. The number of hydrogen-bond donors (Lipinski definition) is 1. The van der Waals surface area contributed by atoms with Gasteiger partial charge in [-0.1, -0.05) is 11.6 Å². The molecule has 1 aliphatic rings. The molecule has 0 saturated carbocycles. The van der Waals surface area contributed by atoms with Gasteiger partial charge in [-0.25, -0.2) is 0 Å². The Labute approximate surface area is 165 Å². The van der Waals surface area contributed by atoms with Crippen LogP contribution in [0, 0.1) is 5.92 Å². The smallest absolute Gasteiger partial charge is 0.308 e. The van der Waals surface area contributed by atoms with Crippen LogP contribution in [0.4, 0.5) is 0 Å². The van der Waals surface area contributed by atoms with Gasteiger partial charge in [-0.15, -0.1) is 0 Å². The molecule has 2 rings (SSSR count). The van der Waals surface area contributed by atoms with E-state index in [1.807, 2.05) is 19.1 Å². The maximum Gasteiger partial charge on any atom is 0.308 e. The molecular formula is C19H28ClN3O4. The number of guanidine groups is 1. The van der Waals surface area contributed by atoms with Crippen LogP contribution in [0.3, 0.4) is 0 Å². The molecule has 1 saturated heterocycles. The van der Waals surface area contributed by atoms with Crippen LogP contribution in [0.1, 0.15) is 25.3 Å². The molecule has 1 heterocycles. The van der Waals surface area contributed by atoms with E-state index in [-0.39, 0.29) is 11.9 Å². The predicted molar refractivity (Wildman–Crippen MR) is 106 cm³/mol. The number of esters is 1. The number of carbonyl (C=O) groups excluding carboxylic acids is 1. The Kier molecular flexibility index (Phi) is 8.03. The molecule has 1 N–H and O–H groups in total. The summed E-state index contributed by atoms with van der Waals surface area (Å²) in [5, 5.41) is 3.86. The predicted octanol–water partition coefficient (Wildman–Crippen LogP) is 2.71. The summed E-state index contributed by atoms with van der Waals surface area (Å²) in [5.74, 6) is 1.80. The number of halogens is 1. The first-order valence-electron chi connectivity index (χ1n) is 9.06. The maximum atomic E-state index is 11.7. The number of rotatable bonds is 6. The zero-order chi connectivity index (χ0) is 19.8. The van der Waals surface area contributed by atoms with E-state index in [1.165, 1.54) is 7.11 Å². The van der Waals surface area contributed by atoms with Gasteiger partial charge in [0.2, 0.25) is 0 Å². The van der Waals surface area contributed by atoms with Crippen molar-refractivity contribution in [2.75, 3.05) is 41.0 Å². The van der Waals surface area contributed by atoms with E-state index in [4.69, 9.17) is 25.8 Å². The average molecular weight is 398 g/mol. The molecule has 150 valence electrons. The molecule has 1 aromatic carbocycles. The van der Waals surface area contributed by atoms with E-state index in [9.17, 15) is 4.79 Å². The van der Waals surface area contributed by atoms with Crippen molar-refractivity contribution in [2.45, 2.75) is 26.3 Å². The number of benzene rings is 1. The summed E-state index contributed by atoms with van der Waals surface area (Å²) < 4.78 is 15.8. The van der Waals surface area contributed by atoms with Gasteiger partial charge in [0.25, 0.3) is 0 Å². The Morgan fingerprint density at radius 2 is 2.04 bits per heavy atom. The quantitative estimate of drug-likeness (QED) is 0.452. The zero-order valence-electron chi connectivity index (χ0n) is 16.4. The number of methoxy groups -OCH3 is 2. The van der Waals surface area contributed by atoms with Crippen molar-refractivity contribution in [3.63, 3.8) is 0 Å². The van der Waals surface area contributed by atoms with E-state index < -0.39 is 0 Å². The highest BCUT2D eigenvalue weighted by Crippen LogP contribution is 2.36. The number of ether oxygens (including phenoxy) is 3. The number of carbonyl (C=O) groups is 1. The van der Waals surface area contributed by atoms with E-state index in [0.717, 1.165) is 37.5 Å². The second kappa shape index (κ2) is 10.3. The fourth-order valence-corrected chi connectivity index (χ4v) is 3.45. The van der Waals surface area contributed by atoms with Gasteiger partial charge in [0.1, 0.15) is 0 Å². The van der Waals surface area contributed by atoms with Crippen LogP contribution in [0.15, 0.2) is 17.1 Å². The number of hydrogen-bond acceptors (Lipinski definition) is 5. The third kappa shape index (κ3) is 5.42. The molecule has 7 nitrogen and oxygen atoms in total. The first-order chi connectivity index (χ1) is 13.0. The number of aliphatic imine (C=N–C) groups is 1. The van der Waals surface area contributed by atoms with Gasteiger partial charge in [0.15, 0.2) is 17.5 Å². The van der Waals surface area contributed by atoms with Crippen molar-refractivity contribution in [2.24, 2.45) is 10.9 Å². The Bertz CT molecular complexity index is 673. The summed E-state index contributed by atoms with van der Waals surface area (Å²) in [4.78, 5) is 18.2. The first-order valence-corrected chi connectivity index (χ1v) is 9.44. The molecule has 0 bridgehead atoms. The van der Waals surface area contributed by atoms with E-state index in [0.29, 0.717) is 29.7 Å². The second-order valence-electron chi connectivity index (χ2n) is 6.23. The number of piperidine rings is 1. The topological polar surface area (TPSA) is 72.4 Å². The highest BCUT2D eigenvalue weighted by molar-refractivity contribution is 6.32. The lowest BCUT2D eigenvalue weighted by Crippen LogP contribution is -2.46. The highest BCUT2D eigenvalue weighted by Gasteiger charge is 2.27. The van der Waals surface area contributed by atoms with Crippen LogP contribution in [0.2, 0.25) is 5.02 Å². The summed E-state index contributed by atoms with van der Waals surface area (Å²) in [6.07, 6.45) is 1.52. The van der Waals surface area contributed by atoms with Crippen molar-refractivity contribution in [3.05, 3.63) is 22.7 Å². The van der Waals surface area contributed by atoms with E-state index in [2.05, 4.69) is 15.2 Å². The molecule has 1 fully saturated rings. The van der Waals surface area contributed by atoms with Crippen LogP contribution in [0.25, 0.3) is 0 Å². The standard InChI is InChI=1S/C19H28ClN3O4/c1-5-27-17-15(20)10-13(11-16(17)25-3)12-22-19(21-2)23-8-6-14(7-9-23)18(24)26-4/h10-11,14H,5-9,12H2,1-4H3,(H,21,22). The molecule has 0 aromatic heterocycles. The van der Waals surface area contributed by atoms with Gasteiger partial charge in [0, 0.05) is 26.7 Å². The lowest BCUT2D eigenvalue weighted by molar-refractivity contribution is -0.146. The lowest BCUT2D eigenvalue weighted by atomic mass is 9.97. The molecule has 0 radical (unpaired) electrons. The molecule has 0 spiro atoms. The molecular weight excluding hydrogens is 370 g/mol. The SMILES string of the molecule is CCOc1c(Cl)cc(CNC(=NC)N2CCC(C(=O)OC)CC2)cc1OC. The monoisotopic (exact) mass is 397 g/mol. The van der Waals surface area contributed by atoms with Gasteiger partial charge in [-0.05, 0) is 37.5 Å². The van der Waals surface area contributed by atoms with Crippen LogP contribution in [-0.2, 0) is 16.1 Å². The summed E-state index contributed by atoms with van der Waals surface area (Å²) in [5.41, 5.74) is 0.964. The van der Waals surface area contributed by atoms with Gasteiger partial charge in [-0.3, -0.25) is 9.79 Å². The molecule has 0 amide bonds. The normalized spacial score (nSPS) is 15.4. The van der Waals surface area contributed by atoms with Gasteiger partial charge in [0.05, 0.1) is 31.8 Å². The highest BCUT2D eigenvalue weighted by atomic mass is 35.5. The first kappa shape index (κ1) is 21.2. The minimum Gasteiger partial charge on any atom is -0.493 e. The van der Waals surface area contributed by atoms with Crippen molar-refractivity contribution in [1.29, 1.82) is 0 Å². The summed E-state index contributed by atoms with van der Waals surface area (Å²) >= 11 is 6.33. The maximum absolute atomic E-state index is 11.7. The average Bonchev–Trinajstić information content (AvgIpc) is 2.70. The summed E-state index contributed by atoms with van der Waals surface area (Å²) in [6, 6.07) is 3.76. The van der Waals surface area contributed by atoms with E-state index in [1.54, 1.807) is 14.2 Å². The van der Waals surface area contributed by atoms with Gasteiger partial charge < -0.3 is 24.4 Å². The third-order valence-corrected chi connectivity index (χ3v) is 4.85. The van der Waals surface area contributed by atoms with Gasteiger partial charge >= 0.3 is 5.97 Å². The van der Waals surface area contributed by atoms with E-state index >= 15 is 0 Å². The van der Waals surface area contributed by atoms with Crippen LogP contribution >= 0.6 is 11.6 Å². The minimum atomic E-state index is -0.131. The largest absolute Gasteiger partial charge is 0.493 e. The molecule has 8 heteroatoms. The Morgan fingerprint density at radius 3 is 2.59 bits per heavy atom. The van der Waals surface area contributed by atoms with Crippen LogP contribution < -0.4 is 14.8 Å². The third-order valence-electron chi connectivity index (χ3n) is 4.57. The molecule has 1 aliphatic heterocycles. The second-order valence-corrected chi connectivity index (χ2v) is 6.63. The van der Waals surface area contributed by atoms with Gasteiger partial charge in [-0.2, -0.15) is 0 Å². The molecule has 0 aliphatic carbocycles. The summed E-state index contributed by atoms with van der Waals surface area (Å²) in [6.45, 7) is 4.48. The van der Waals surface area contributed by atoms with Crippen LogP contribution in [-0.4, -0.2) is 57.8 Å². The Balaban J connectivity index is 1.98.